The molecule has 0 saturated carbocycles. The summed E-state index contributed by atoms with van der Waals surface area (Å²) in [5.41, 5.74) is 4.73. The van der Waals surface area contributed by atoms with E-state index in [0.29, 0.717) is 12.8 Å². The maximum atomic E-state index is 11.5. The summed E-state index contributed by atoms with van der Waals surface area (Å²) in [4.78, 5) is 0. The second-order valence-corrected chi connectivity index (χ2v) is 8.04. The highest BCUT2D eigenvalue weighted by Gasteiger charge is 2.33. The lowest BCUT2D eigenvalue weighted by Crippen LogP contribution is -2.24. The molecule has 3 nitrogen and oxygen atoms in total. The van der Waals surface area contributed by atoms with Gasteiger partial charge >= 0.3 is 0 Å². The molecule has 4 heteroatoms. The molecule has 0 aromatic heterocycles. The van der Waals surface area contributed by atoms with Crippen molar-refractivity contribution in [3.8, 4) is 0 Å². The minimum absolute atomic E-state index is 0.106. The van der Waals surface area contributed by atoms with E-state index in [4.69, 9.17) is 0 Å². The van der Waals surface area contributed by atoms with Gasteiger partial charge in [-0.15, -0.1) is 0 Å². The van der Waals surface area contributed by atoms with Crippen molar-refractivity contribution in [1.29, 1.82) is 0 Å². The van der Waals surface area contributed by atoms with E-state index in [9.17, 15) is 13.5 Å². The molecule has 0 aliphatic carbocycles. The van der Waals surface area contributed by atoms with Gasteiger partial charge in [0.25, 0.3) is 0 Å². The molecule has 1 aromatic rings. The monoisotopic (exact) mass is 282 g/mol. The highest BCUT2D eigenvalue weighted by molar-refractivity contribution is 7.91. The molecular formula is C15H22O3S. The van der Waals surface area contributed by atoms with Crippen LogP contribution in [-0.2, 0) is 16.3 Å². The first-order valence-corrected chi connectivity index (χ1v) is 8.56. The van der Waals surface area contributed by atoms with E-state index in [2.05, 4.69) is 19.1 Å². The molecule has 0 spiro atoms. The average Bonchev–Trinajstić information content (AvgIpc) is 2.64. The highest BCUT2D eigenvalue weighted by atomic mass is 32.2. The molecule has 1 saturated heterocycles. The zero-order valence-corrected chi connectivity index (χ0v) is 12.6. The topological polar surface area (TPSA) is 54.4 Å². The smallest absolute Gasteiger partial charge is 0.150 e. The van der Waals surface area contributed by atoms with Gasteiger partial charge < -0.3 is 5.11 Å². The van der Waals surface area contributed by atoms with Gasteiger partial charge in [0.05, 0.1) is 17.6 Å². The summed E-state index contributed by atoms with van der Waals surface area (Å²) in [7, 11) is -2.92. The SMILES string of the molecule is Cc1cc(C)c(CC(O)C2CCS(=O)(=O)C2)c(C)c1. The Morgan fingerprint density at radius 1 is 1.26 bits per heavy atom. The van der Waals surface area contributed by atoms with Crippen LogP contribution in [0.25, 0.3) is 0 Å². The van der Waals surface area contributed by atoms with Gasteiger partial charge in [-0.05, 0) is 50.3 Å². The third kappa shape index (κ3) is 3.37. The molecule has 2 atom stereocenters. The molecule has 0 amide bonds. The Labute approximate surface area is 115 Å². The van der Waals surface area contributed by atoms with Crippen molar-refractivity contribution in [3.05, 3.63) is 34.4 Å². The number of aliphatic hydroxyl groups is 1. The van der Waals surface area contributed by atoms with Crippen LogP contribution in [0.4, 0.5) is 0 Å². The maximum absolute atomic E-state index is 11.5. The Hall–Kier alpha value is -0.870. The Kier molecular flexibility index (Phi) is 4.02. The molecule has 1 fully saturated rings. The highest BCUT2D eigenvalue weighted by Crippen LogP contribution is 2.26. The molecule has 2 rings (SSSR count). The van der Waals surface area contributed by atoms with Crippen molar-refractivity contribution in [3.63, 3.8) is 0 Å². The van der Waals surface area contributed by atoms with E-state index >= 15 is 0 Å². The maximum Gasteiger partial charge on any atom is 0.150 e. The third-order valence-electron chi connectivity index (χ3n) is 4.07. The first kappa shape index (κ1) is 14.5. The van der Waals surface area contributed by atoms with Gasteiger partial charge in [-0.25, -0.2) is 8.42 Å². The predicted octanol–water partition coefficient (Wildman–Crippen LogP) is 1.95. The summed E-state index contributed by atoms with van der Waals surface area (Å²) in [5.74, 6) is 0.253. The van der Waals surface area contributed by atoms with Crippen LogP contribution < -0.4 is 0 Å². The quantitative estimate of drug-likeness (QED) is 0.922. The van der Waals surface area contributed by atoms with Crippen molar-refractivity contribution >= 4 is 9.84 Å². The van der Waals surface area contributed by atoms with Crippen molar-refractivity contribution in [2.75, 3.05) is 11.5 Å². The van der Waals surface area contributed by atoms with Crippen LogP contribution in [0, 0.1) is 26.7 Å². The largest absolute Gasteiger partial charge is 0.392 e. The zero-order chi connectivity index (χ0) is 14.2. The van der Waals surface area contributed by atoms with Crippen molar-refractivity contribution in [2.45, 2.75) is 39.7 Å². The first-order valence-electron chi connectivity index (χ1n) is 6.74. The lowest BCUT2D eigenvalue weighted by molar-refractivity contribution is 0.120. The standard InChI is InChI=1S/C15H22O3S/c1-10-6-11(2)14(12(3)7-10)8-15(16)13-4-5-19(17,18)9-13/h6-7,13,15-16H,4-5,8-9H2,1-3H3. The normalized spacial score (nSPS) is 23.5. The summed E-state index contributed by atoms with van der Waals surface area (Å²) in [6, 6.07) is 4.22. The Morgan fingerprint density at radius 2 is 1.84 bits per heavy atom. The van der Waals surface area contributed by atoms with Gasteiger partial charge in [0, 0.05) is 5.92 Å². The van der Waals surface area contributed by atoms with Crippen LogP contribution >= 0.6 is 0 Å². The van der Waals surface area contributed by atoms with E-state index in [1.165, 1.54) is 16.7 Å². The summed E-state index contributed by atoms with van der Waals surface area (Å²) >= 11 is 0. The molecule has 1 N–H and O–H groups in total. The number of rotatable bonds is 3. The van der Waals surface area contributed by atoms with E-state index in [-0.39, 0.29) is 17.4 Å². The number of aryl methyl sites for hydroxylation is 3. The molecule has 0 radical (unpaired) electrons. The van der Waals surface area contributed by atoms with Crippen LogP contribution in [0.15, 0.2) is 12.1 Å². The fraction of sp³-hybridized carbons (Fsp3) is 0.600. The number of hydrogen-bond donors (Lipinski definition) is 1. The van der Waals surface area contributed by atoms with Crippen molar-refractivity contribution in [1.82, 2.24) is 0 Å². The number of aliphatic hydroxyl groups excluding tert-OH is 1. The lowest BCUT2D eigenvalue weighted by Gasteiger charge is -2.19. The molecule has 106 valence electrons. The summed E-state index contributed by atoms with van der Waals surface area (Å²) in [6.07, 6.45) is 0.586. The average molecular weight is 282 g/mol. The van der Waals surface area contributed by atoms with E-state index in [1.807, 2.05) is 13.8 Å². The van der Waals surface area contributed by atoms with E-state index in [1.54, 1.807) is 0 Å². The van der Waals surface area contributed by atoms with Crippen LogP contribution in [-0.4, -0.2) is 31.1 Å². The molecule has 1 heterocycles. The van der Waals surface area contributed by atoms with Crippen molar-refractivity contribution < 1.29 is 13.5 Å². The predicted molar refractivity (Wildman–Crippen MR) is 77.1 cm³/mol. The van der Waals surface area contributed by atoms with Gasteiger partial charge in [-0.2, -0.15) is 0 Å². The van der Waals surface area contributed by atoms with Gasteiger partial charge in [0.2, 0.25) is 0 Å². The minimum atomic E-state index is -2.92. The fourth-order valence-corrected chi connectivity index (χ4v) is 4.90. The number of hydrogen-bond acceptors (Lipinski definition) is 3. The molecule has 1 aromatic carbocycles. The molecule has 1 aliphatic heterocycles. The Bertz CT molecular complexity index is 552. The molecule has 19 heavy (non-hydrogen) atoms. The first-order chi connectivity index (χ1) is 8.78. The second-order valence-electron chi connectivity index (χ2n) is 5.81. The second kappa shape index (κ2) is 5.25. The molecule has 1 aliphatic rings. The van der Waals surface area contributed by atoms with Crippen LogP contribution in [0.2, 0.25) is 0 Å². The summed E-state index contributed by atoms with van der Waals surface area (Å²) < 4.78 is 22.9. The van der Waals surface area contributed by atoms with Gasteiger partial charge in [0.15, 0.2) is 9.84 Å². The molecule has 2 unspecified atom stereocenters. The lowest BCUT2D eigenvalue weighted by atomic mass is 9.90. The van der Waals surface area contributed by atoms with E-state index < -0.39 is 15.9 Å². The van der Waals surface area contributed by atoms with Crippen LogP contribution in [0.3, 0.4) is 0 Å². The number of sulfone groups is 1. The Balaban J connectivity index is 2.14. The molecular weight excluding hydrogens is 260 g/mol. The Morgan fingerprint density at radius 3 is 2.32 bits per heavy atom. The van der Waals surface area contributed by atoms with E-state index in [0.717, 1.165) is 5.56 Å². The molecule has 0 bridgehead atoms. The van der Waals surface area contributed by atoms with Gasteiger partial charge in [-0.1, -0.05) is 17.7 Å². The van der Waals surface area contributed by atoms with Gasteiger partial charge in [0.1, 0.15) is 0 Å². The van der Waals surface area contributed by atoms with Crippen LogP contribution in [0.5, 0.6) is 0 Å². The van der Waals surface area contributed by atoms with Crippen LogP contribution in [0.1, 0.15) is 28.7 Å². The zero-order valence-electron chi connectivity index (χ0n) is 11.8. The van der Waals surface area contributed by atoms with Crippen molar-refractivity contribution in [2.24, 2.45) is 5.92 Å². The summed E-state index contributed by atoms with van der Waals surface area (Å²) in [5, 5.41) is 10.3. The minimum Gasteiger partial charge on any atom is -0.392 e. The number of benzene rings is 1. The fourth-order valence-electron chi connectivity index (χ4n) is 3.03. The summed E-state index contributed by atoms with van der Waals surface area (Å²) in [6.45, 7) is 6.16. The third-order valence-corrected chi connectivity index (χ3v) is 5.86. The van der Waals surface area contributed by atoms with Gasteiger partial charge in [-0.3, -0.25) is 0 Å².